The molecule has 0 aliphatic rings. The van der Waals surface area contributed by atoms with Crippen molar-refractivity contribution in [2.24, 2.45) is 0 Å². The van der Waals surface area contributed by atoms with E-state index in [1.54, 1.807) is 56.3 Å². The van der Waals surface area contributed by atoms with Gasteiger partial charge in [0, 0.05) is 5.56 Å². The Morgan fingerprint density at radius 1 is 0.955 bits per heavy atom. The number of hydrogen-bond donors (Lipinski definition) is 2. The quantitative estimate of drug-likeness (QED) is 0.849. The maximum absolute atomic E-state index is 12.4. The minimum Gasteiger partial charge on any atom is -0.273 e. The lowest BCUT2D eigenvalue weighted by molar-refractivity contribution is 0.0945. The van der Waals surface area contributed by atoms with Gasteiger partial charge in [-0.25, -0.2) is 8.42 Å². The summed E-state index contributed by atoms with van der Waals surface area (Å²) < 4.78 is 24.8. The van der Waals surface area contributed by atoms with Crippen LogP contribution in [0.5, 0.6) is 0 Å². The molecule has 22 heavy (non-hydrogen) atoms. The summed E-state index contributed by atoms with van der Waals surface area (Å²) in [5, 5.41) is 0. The fourth-order valence-corrected chi connectivity index (χ4v) is 3.71. The molecular weight excluding hydrogens is 300 g/mol. The van der Waals surface area contributed by atoms with Gasteiger partial charge in [0.15, 0.2) is 0 Å². The summed E-state index contributed by atoms with van der Waals surface area (Å²) in [6.07, 6.45) is 0. The number of carbonyl (C=O) groups is 1. The first-order valence-electron chi connectivity index (χ1n) is 6.76. The van der Waals surface area contributed by atoms with Gasteiger partial charge in [-0.3, -0.25) is 10.2 Å². The molecule has 0 spiro atoms. The van der Waals surface area contributed by atoms with Crippen molar-refractivity contribution >= 4 is 15.9 Å². The van der Waals surface area contributed by atoms with E-state index in [4.69, 9.17) is 0 Å². The molecule has 1 amide bonds. The zero-order chi connectivity index (χ0) is 16.3. The van der Waals surface area contributed by atoms with E-state index in [9.17, 15) is 13.2 Å². The van der Waals surface area contributed by atoms with Crippen LogP contribution in [0.4, 0.5) is 0 Å². The molecule has 116 valence electrons. The molecule has 0 aromatic heterocycles. The minimum atomic E-state index is -3.82. The van der Waals surface area contributed by atoms with Gasteiger partial charge in [-0.1, -0.05) is 35.9 Å². The lowest BCUT2D eigenvalue weighted by Crippen LogP contribution is -2.42. The van der Waals surface area contributed by atoms with Crippen LogP contribution in [0, 0.1) is 20.8 Å². The molecule has 0 saturated carbocycles. The van der Waals surface area contributed by atoms with E-state index in [-0.39, 0.29) is 4.90 Å². The molecule has 0 aliphatic carbocycles. The number of hydrazine groups is 1. The highest BCUT2D eigenvalue weighted by Gasteiger charge is 2.20. The van der Waals surface area contributed by atoms with E-state index < -0.39 is 15.9 Å². The second-order valence-electron chi connectivity index (χ2n) is 5.15. The molecule has 2 N–H and O–H groups in total. The molecule has 0 radical (unpaired) electrons. The van der Waals surface area contributed by atoms with Crippen LogP contribution in [0.1, 0.15) is 27.0 Å². The largest absolute Gasteiger partial charge is 0.273 e. The molecule has 2 aromatic carbocycles. The Hall–Kier alpha value is -2.18. The van der Waals surface area contributed by atoms with Crippen LogP contribution in [-0.4, -0.2) is 14.3 Å². The summed E-state index contributed by atoms with van der Waals surface area (Å²) in [6.45, 7) is 5.36. The molecule has 6 heteroatoms. The van der Waals surface area contributed by atoms with E-state index >= 15 is 0 Å². The molecule has 0 fully saturated rings. The van der Waals surface area contributed by atoms with Gasteiger partial charge in [0.05, 0.1) is 4.90 Å². The van der Waals surface area contributed by atoms with Crippen LogP contribution in [0.2, 0.25) is 0 Å². The number of amides is 1. The Labute approximate surface area is 130 Å². The molecule has 2 aromatic rings. The third-order valence-corrected chi connectivity index (χ3v) is 4.76. The molecule has 0 atom stereocenters. The number of aryl methyl sites for hydroxylation is 3. The Morgan fingerprint density at radius 3 is 2.05 bits per heavy atom. The SMILES string of the molecule is Cc1cc(C)c(S(=O)(=O)NNC(=O)c2ccccc2)c(C)c1. The van der Waals surface area contributed by atoms with E-state index in [0.29, 0.717) is 16.7 Å². The molecular formula is C16H18N2O3S. The topological polar surface area (TPSA) is 75.3 Å². The third-order valence-electron chi connectivity index (χ3n) is 3.21. The number of hydrogen-bond acceptors (Lipinski definition) is 3. The lowest BCUT2D eigenvalue weighted by Gasteiger charge is -2.13. The standard InChI is InChI=1S/C16H18N2O3S/c1-11-9-12(2)15(13(3)10-11)22(20,21)18-17-16(19)14-7-5-4-6-8-14/h4-10,18H,1-3H3,(H,17,19). The van der Waals surface area contributed by atoms with Gasteiger partial charge in [0.25, 0.3) is 15.9 Å². The Morgan fingerprint density at radius 2 is 1.50 bits per heavy atom. The monoisotopic (exact) mass is 318 g/mol. The van der Waals surface area contributed by atoms with Gasteiger partial charge >= 0.3 is 0 Å². The summed E-state index contributed by atoms with van der Waals surface area (Å²) in [6, 6.07) is 12.0. The summed E-state index contributed by atoms with van der Waals surface area (Å²) in [7, 11) is -3.82. The summed E-state index contributed by atoms with van der Waals surface area (Å²) >= 11 is 0. The van der Waals surface area contributed by atoms with E-state index in [1.165, 1.54) is 0 Å². The second kappa shape index (κ2) is 6.29. The fourth-order valence-electron chi connectivity index (χ4n) is 2.42. The van der Waals surface area contributed by atoms with Gasteiger partial charge in [-0.05, 0) is 44.0 Å². The number of sulfonamides is 1. The molecule has 0 unspecified atom stereocenters. The zero-order valence-electron chi connectivity index (χ0n) is 12.7. The third kappa shape index (κ3) is 3.52. The highest BCUT2D eigenvalue weighted by Crippen LogP contribution is 2.21. The maximum atomic E-state index is 12.4. The molecule has 0 aliphatic heterocycles. The maximum Gasteiger partial charge on any atom is 0.266 e. The fraction of sp³-hybridized carbons (Fsp3) is 0.188. The Kier molecular flexibility index (Phi) is 4.63. The highest BCUT2D eigenvalue weighted by atomic mass is 32.2. The van der Waals surface area contributed by atoms with Crippen molar-refractivity contribution in [3.63, 3.8) is 0 Å². The van der Waals surface area contributed by atoms with Crippen molar-refractivity contribution in [3.05, 3.63) is 64.7 Å². The minimum absolute atomic E-state index is 0.187. The van der Waals surface area contributed by atoms with E-state index in [2.05, 4.69) is 10.3 Å². The second-order valence-corrected chi connectivity index (χ2v) is 6.77. The molecule has 2 rings (SSSR count). The number of benzene rings is 2. The molecule has 0 heterocycles. The van der Waals surface area contributed by atoms with Crippen molar-refractivity contribution < 1.29 is 13.2 Å². The Balaban J connectivity index is 2.21. The number of rotatable bonds is 4. The van der Waals surface area contributed by atoms with Crippen molar-refractivity contribution in [2.75, 3.05) is 0 Å². The van der Waals surface area contributed by atoms with Crippen molar-refractivity contribution in [1.29, 1.82) is 0 Å². The molecule has 0 saturated heterocycles. The van der Waals surface area contributed by atoms with Crippen LogP contribution < -0.4 is 10.3 Å². The predicted octanol–water partition coefficient (Wildman–Crippen LogP) is 2.24. The summed E-state index contributed by atoms with van der Waals surface area (Å²) in [5.74, 6) is -0.508. The first kappa shape index (κ1) is 16.2. The van der Waals surface area contributed by atoms with Gasteiger partial charge in [-0.15, -0.1) is 4.83 Å². The number of carbonyl (C=O) groups excluding carboxylic acids is 1. The van der Waals surface area contributed by atoms with E-state index in [1.807, 2.05) is 6.92 Å². The van der Waals surface area contributed by atoms with Gasteiger partial charge in [-0.2, -0.15) is 0 Å². The number of nitrogens with one attached hydrogen (secondary N) is 2. The first-order valence-corrected chi connectivity index (χ1v) is 8.24. The van der Waals surface area contributed by atoms with Crippen LogP contribution in [0.15, 0.2) is 47.4 Å². The smallest absolute Gasteiger partial charge is 0.266 e. The Bertz CT molecular complexity index is 776. The normalized spacial score (nSPS) is 11.2. The van der Waals surface area contributed by atoms with Gasteiger partial charge in [0.1, 0.15) is 0 Å². The average molecular weight is 318 g/mol. The van der Waals surface area contributed by atoms with Crippen LogP contribution in [0.25, 0.3) is 0 Å². The highest BCUT2D eigenvalue weighted by molar-refractivity contribution is 7.89. The molecule has 5 nitrogen and oxygen atoms in total. The van der Waals surface area contributed by atoms with Crippen LogP contribution in [0.3, 0.4) is 0 Å². The average Bonchev–Trinajstić information content (AvgIpc) is 2.44. The van der Waals surface area contributed by atoms with Crippen LogP contribution in [-0.2, 0) is 10.0 Å². The van der Waals surface area contributed by atoms with Crippen molar-refractivity contribution in [1.82, 2.24) is 10.3 Å². The molecule has 0 bridgehead atoms. The van der Waals surface area contributed by atoms with Crippen LogP contribution >= 0.6 is 0 Å². The van der Waals surface area contributed by atoms with Gasteiger partial charge < -0.3 is 0 Å². The predicted molar refractivity (Wildman–Crippen MR) is 84.9 cm³/mol. The van der Waals surface area contributed by atoms with E-state index in [0.717, 1.165) is 5.56 Å². The lowest BCUT2D eigenvalue weighted by atomic mass is 10.1. The first-order chi connectivity index (χ1) is 10.3. The summed E-state index contributed by atoms with van der Waals surface area (Å²) in [5.41, 5.74) is 4.87. The van der Waals surface area contributed by atoms with Gasteiger partial charge in [0.2, 0.25) is 0 Å². The zero-order valence-corrected chi connectivity index (χ0v) is 13.5. The summed E-state index contributed by atoms with van der Waals surface area (Å²) in [4.78, 5) is 14.2. The van der Waals surface area contributed by atoms with Crippen molar-refractivity contribution in [3.8, 4) is 0 Å². The van der Waals surface area contributed by atoms with Crippen molar-refractivity contribution in [2.45, 2.75) is 25.7 Å².